The molecule has 8 heteroatoms. The molecular formula is C15H19F3N2O3. The summed E-state index contributed by atoms with van der Waals surface area (Å²) in [6.45, 7) is 3.16. The molecule has 1 rings (SSSR count). The number of hydrogen-bond donors (Lipinski definition) is 3. The maximum atomic E-state index is 12.8. The van der Waals surface area contributed by atoms with Crippen LogP contribution in [0.5, 0.6) is 0 Å². The van der Waals surface area contributed by atoms with Gasteiger partial charge in [0.2, 0.25) is 0 Å². The summed E-state index contributed by atoms with van der Waals surface area (Å²) in [5, 5.41) is 13.3. The van der Waals surface area contributed by atoms with Crippen LogP contribution in [0.15, 0.2) is 18.2 Å². The van der Waals surface area contributed by atoms with Crippen LogP contribution < -0.4 is 10.6 Å². The predicted molar refractivity (Wildman–Crippen MR) is 78.7 cm³/mol. The lowest BCUT2D eigenvalue weighted by Crippen LogP contribution is -2.38. The molecule has 0 heterocycles. The molecule has 0 aromatic heterocycles. The maximum Gasteiger partial charge on any atom is 0.416 e. The highest BCUT2D eigenvalue weighted by atomic mass is 19.4. The summed E-state index contributed by atoms with van der Waals surface area (Å²) >= 11 is 0. The lowest BCUT2D eigenvalue weighted by molar-refractivity contribution is -0.138. The number of rotatable bonds is 5. The molecule has 0 aliphatic carbocycles. The Bertz CT molecular complexity index is 574. The summed E-state index contributed by atoms with van der Waals surface area (Å²) in [6.07, 6.45) is -4.07. The molecule has 128 valence electrons. The molecule has 0 aliphatic heterocycles. The number of nitrogens with one attached hydrogen (secondary N) is 2. The van der Waals surface area contributed by atoms with E-state index in [1.54, 1.807) is 6.92 Å². The molecule has 2 amide bonds. The number of benzene rings is 1. The van der Waals surface area contributed by atoms with Crippen molar-refractivity contribution in [2.24, 2.45) is 5.92 Å². The fraction of sp³-hybridized carbons (Fsp3) is 0.467. The zero-order valence-electron chi connectivity index (χ0n) is 12.8. The summed E-state index contributed by atoms with van der Waals surface area (Å²) in [6, 6.07) is 3.36. The number of hydrogen-bond acceptors (Lipinski definition) is 3. The molecule has 1 atom stereocenters. The van der Waals surface area contributed by atoms with Crippen LogP contribution >= 0.6 is 0 Å². The van der Waals surface area contributed by atoms with Gasteiger partial charge in [0.05, 0.1) is 5.56 Å². The molecule has 23 heavy (non-hydrogen) atoms. The zero-order valence-corrected chi connectivity index (χ0v) is 12.8. The minimum atomic E-state index is -4.53. The Morgan fingerprint density at radius 1 is 1.26 bits per heavy atom. The first-order valence-electron chi connectivity index (χ1n) is 7.03. The Labute approximate surface area is 131 Å². The van der Waals surface area contributed by atoms with Crippen molar-refractivity contribution in [3.8, 4) is 0 Å². The van der Waals surface area contributed by atoms with Crippen LogP contribution in [0.4, 0.5) is 18.9 Å². The highest BCUT2D eigenvalue weighted by Gasteiger charge is 2.33. The minimum absolute atomic E-state index is 0.0213. The number of alkyl halides is 3. The van der Waals surface area contributed by atoms with E-state index < -0.39 is 23.6 Å². The van der Waals surface area contributed by atoms with E-state index in [9.17, 15) is 22.8 Å². The van der Waals surface area contributed by atoms with Gasteiger partial charge in [0.1, 0.15) is 0 Å². The molecule has 1 aromatic rings. The van der Waals surface area contributed by atoms with E-state index in [0.717, 1.165) is 12.1 Å². The summed E-state index contributed by atoms with van der Waals surface area (Å²) in [5.74, 6) is -2.00. The van der Waals surface area contributed by atoms with Crippen LogP contribution in [-0.2, 0) is 15.8 Å². The maximum absolute atomic E-state index is 12.8. The lowest BCUT2D eigenvalue weighted by Gasteiger charge is -2.15. The van der Waals surface area contributed by atoms with Gasteiger partial charge in [0.25, 0.3) is 0 Å². The Kier molecular flexibility index (Phi) is 6.56. The zero-order chi connectivity index (χ0) is 17.6. The molecule has 0 saturated carbocycles. The van der Waals surface area contributed by atoms with Gasteiger partial charge >= 0.3 is 18.0 Å². The fourth-order valence-electron chi connectivity index (χ4n) is 1.93. The standard InChI is InChI=1S/C15H19F3N2O3/c1-9(6-7-21)8-19-13(22)14(23)20-12-5-3-4-11(10(12)2)15(16,17)18/h3-5,9,21H,6-8H2,1-2H3,(H,19,22)(H,20,23). The van der Waals surface area contributed by atoms with E-state index in [-0.39, 0.29) is 30.3 Å². The van der Waals surface area contributed by atoms with Crippen molar-refractivity contribution in [1.82, 2.24) is 5.32 Å². The van der Waals surface area contributed by atoms with Crippen molar-refractivity contribution in [2.45, 2.75) is 26.4 Å². The molecule has 3 N–H and O–H groups in total. The fourth-order valence-corrected chi connectivity index (χ4v) is 1.93. The summed E-state index contributed by atoms with van der Waals surface area (Å²) in [4.78, 5) is 23.4. The topological polar surface area (TPSA) is 78.4 Å². The molecular weight excluding hydrogens is 313 g/mol. The highest BCUT2D eigenvalue weighted by molar-refractivity contribution is 6.39. The smallest absolute Gasteiger partial charge is 0.396 e. The van der Waals surface area contributed by atoms with E-state index in [1.807, 2.05) is 0 Å². The average Bonchev–Trinajstić information content (AvgIpc) is 2.45. The quantitative estimate of drug-likeness (QED) is 0.723. The van der Waals surface area contributed by atoms with E-state index in [4.69, 9.17) is 5.11 Å². The van der Waals surface area contributed by atoms with E-state index in [2.05, 4.69) is 10.6 Å². The van der Waals surface area contributed by atoms with Gasteiger partial charge in [-0.1, -0.05) is 13.0 Å². The molecule has 0 aliphatic rings. The first-order valence-corrected chi connectivity index (χ1v) is 7.03. The molecule has 1 aromatic carbocycles. The Morgan fingerprint density at radius 2 is 1.91 bits per heavy atom. The Hall–Kier alpha value is -2.09. The van der Waals surface area contributed by atoms with E-state index >= 15 is 0 Å². The number of anilines is 1. The molecule has 0 bridgehead atoms. The summed E-state index contributed by atoms with van der Waals surface area (Å²) in [7, 11) is 0. The second-order valence-corrected chi connectivity index (χ2v) is 5.26. The molecule has 1 unspecified atom stereocenters. The van der Waals surface area contributed by atoms with Gasteiger partial charge in [-0.05, 0) is 37.0 Å². The second-order valence-electron chi connectivity index (χ2n) is 5.26. The van der Waals surface area contributed by atoms with Gasteiger partial charge in [-0.15, -0.1) is 0 Å². The SMILES string of the molecule is Cc1c(NC(=O)C(=O)NCC(C)CCO)cccc1C(F)(F)F. The average molecular weight is 332 g/mol. The third-order valence-electron chi connectivity index (χ3n) is 3.33. The number of carbonyl (C=O) groups is 2. The monoisotopic (exact) mass is 332 g/mol. The Balaban J connectivity index is 2.73. The van der Waals surface area contributed by atoms with Crippen molar-refractivity contribution >= 4 is 17.5 Å². The van der Waals surface area contributed by atoms with Gasteiger partial charge in [-0.3, -0.25) is 9.59 Å². The van der Waals surface area contributed by atoms with Gasteiger partial charge in [-0.2, -0.15) is 13.2 Å². The normalized spacial score (nSPS) is 12.6. The van der Waals surface area contributed by atoms with Crippen molar-refractivity contribution in [1.29, 1.82) is 0 Å². The third kappa shape index (κ3) is 5.55. The molecule has 0 saturated heterocycles. The predicted octanol–water partition coefficient (Wildman–Crippen LogP) is 2.09. The first-order chi connectivity index (χ1) is 10.7. The van der Waals surface area contributed by atoms with Gasteiger partial charge in [0.15, 0.2) is 0 Å². The molecule has 0 spiro atoms. The van der Waals surface area contributed by atoms with Crippen LogP contribution in [0, 0.1) is 12.8 Å². The van der Waals surface area contributed by atoms with Crippen molar-refractivity contribution in [2.75, 3.05) is 18.5 Å². The van der Waals surface area contributed by atoms with Crippen molar-refractivity contribution < 1.29 is 27.9 Å². The highest BCUT2D eigenvalue weighted by Crippen LogP contribution is 2.34. The number of aliphatic hydroxyl groups is 1. The number of amides is 2. The van der Waals surface area contributed by atoms with E-state index in [0.29, 0.717) is 6.42 Å². The van der Waals surface area contributed by atoms with Crippen molar-refractivity contribution in [3.63, 3.8) is 0 Å². The van der Waals surface area contributed by atoms with Crippen LogP contribution in [0.25, 0.3) is 0 Å². The summed E-state index contributed by atoms with van der Waals surface area (Å²) in [5.41, 5.74) is -1.09. The van der Waals surface area contributed by atoms with Crippen LogP contribution in [-0.4, -0.2) is 30.1 Å². The summed E-state index contributed by atoms with van der Waals surface area (Å²) < 4.78 is 38.4. The van der Waals surface area contributed by atoms with Crippen LogP contribution in [0.2, 0.25) is 0 Å². The van der Waals surface area contributed by atoms with Crippen LogP contribution in [0.1, 0.15) is 24.5 Å². The van der Waals surface area contributed by atoms with Crippen molar-refractivity contribution in [3.05, 3.63) is 29.3 Å². The first kappa shape index (κ1) is 19.0. The van der Waals surface area contributed by atoms with Crippen LogP contribution in [0.3, 0.4) is 0 Å². The van der Waals surface area contributed by atoms with Gasteiger partial charge in [-0.25, -0.2) is 0 Å². The van der Waals surface area contributed by atoms with Gasteiger partial charge in [0, 0.05) is 18.8 Å². The number of carbonyl (C=O) groups excluding carboxylic acids is 2. The minimum Gasteiger partial charge on any atom is -0.396 e. The molecule has 0 fully saturated rings. The largest absolute Gasteiger partial charge is 0.416 e. The third-order valence-corrected chi connectivity index (χ3v) is 3.33. The van der Waals surface area contributed by atoms with Gasteiger partial charge < -0.3 is 15.7 Å². The number of aliphatic hydroxyl groups excluding tert-OH is 1. The molecule has 0 radical (unpaired) electrons. The lowest BCUT2D eigenvalue weighted by atomic mass is 10.1. The number of halogens is 3. The second kappa shape index (κ2) is 7.96. The van der Waals surface area contributed by atoms with E-state index in [1.165, 1.54) is 13.0 Å². The Morgan fingerprint density at radius 3 is 2.48 bits per heavy atom. The molecule has 5 nitrogen and oxygen atoms in total.